The Kier molecular flexibility index (Phi) is 8.78. The van der Waals surface area contributed by atoms with Crippen LogP contribution in [0.25, 0.3) is 0 Å². The molecule has 2 aliphatic heterocycles. The number of hydrogen-bond acceptors (Lipinski definition) is 4. The Morgan fingerprint density at radius 3 is 2.85 bits per heavy atom. The Morgan fingerprint density at radius 1 is 1.22 bits per heavy atom. The molecule has 2 fully saturated rings. The molecule has 0 aromatic heterocycles. The lowest BCUT2D eigenvalue weighted by atomic mass is 10.1. The summed E-state index contributed by atoms with van der Waals surface area (Å²) in [5.41, 5.74) is 2.44. The van der Waals surface area contributed by atoms with Crippen molar-refractivity contribution in [2.75, 3.05) is 32.1 Å². The van der Waals surface area contributed by atoms with Crippen molar-refractivity contribution < 1.29 is 9.47 Å². The van der Waals surface area contributed by atoms with Crippen molar-refractivity contribution in [3.63, 3.8) is 0 Å². The fourth-order valence-corrected chi connectivity index (χ4v) is 4.60. The summed E-state index contributed by atoms with van der Waals surface area (Å²) in [5, 5.41) is 7.57. The van der Waals surface area contributed by atoms with E-state index in [2.05, 4.69) is 53.6 Å². The first-order valence-electron chi connectivity index (χ1n) is 10.2. The molecule has 2 heterocycles. The van der Waals surface area contributed by atoms with Gasteiger partial charge in [-0.25, -0.2) is 4.99 Å². The number of hydrogen-bond donors (Lipinski definition) is 2. The van der Waals surface area contributed by atoms with E-state index < -0.39 is 0 Å². The maximum Gasteiger partial charge on any atom is 0.191 e. The first-order valence-corrected chi connectivity index (χ1v) is 11.3. The zero-order valence-electron chi connectivity index (χ0n) is 16.4. The number of rotatable bonds is 8. The van der Waals surface area contributed by atoms with E-state index >= 15 is 0 Å². The van der Waals surface area contributed by atoms with Crippen molar-refractivity contribution in [3.8, 4) is 0 Å². The van der Waals surface area contributed by atoms with Gasteiger partial charge < -0.3 is 20.1 Å². The third kappa shape index (κ3) is 7.35. The topological polar surface area (TPSA) is 54.9 Å². The fourth-order valence-electron chi connectivity index (χ4n) is 3.40. The van der Waals surface area contributed by atoms with Gasteiger partial charge in [-0.05, 0) is 49.5 Å². The van der Waals surface area contributed by atoms with Gasteiger partial charge in [-0.15, -0.1) is 0 Å². The minimum absolute atomic E-state index is 0.332. The zero-order chi connectivity index (χ0) is 18.7. The minimum atomic E-state index is 0.332. The van der Waals surface area contributed by atoms with E-state index in [0.717, 1.165) is 50.4 Å². The predicted octanol–water partition coefficient (Wildman–Crippen LogP) is 3.33. The largest absolute Gasteiger partial charge is 0.381 e. The lowest BCUT2D eigenvalue weighted by Crippen LogP contribution is -2.40. The van der Waals surface area contributed by atoms with Crippen LogP contribution < -0.4 is 10.6 Å². The summed E-state index contributed by atoms with van der Waals surface area (Å²) in [7, 11) is 0. The molecule has 0 radical (unpaired) electrons. The summed E-state index contributed by atoms with van der Waals surface area (Å²) in [6.07, 6.45) is 4.99. The second-order valence-corrected chi connectivity index (χ2v) is 8.56. The van der Waals surface area contributed by atoms with Crippen molar-refractivity contribution >= 4 is 17.7 Å². The summed E-state index contributed by atoms with van der Waals surface area (Å²) in [6.45, 7) is 6.96. The molecular formula is C21H33N3O2S. The van der Waals surface area contributed by atoms with E-state index in [9.17, 15) is 0 Å². The molecule has 1 aromatic rings. The van der Waals surface area contributed by atoms with Gasteiger partial charge in [0.25, 0.3) is 0 Å². The Morgan fingerprint density at radius 2 is 2.07 bits per heavy atom. The number of thioether (sulfide) groups is 1. The van der Waals surface area contributed by atoms with Gasteiger partial charge >= 0.3 is 0 Å². The average Bonchev–Trinajstić information content (AvgIpc) is 3.23. The second-order valence-electron chi connectivity index (χ2n) is 7.15. The number of aliphatic imine (C=N–C) groups is 1. The SMILES string of the molecule is CCNC(=NCc1cccc(COC2CCOCC2)c1)NCC1CCCS1. The van der Waals surface area contributed by atoms with Crippen molar-refractivity contribution in [1.82, 2.24) is 10.6 Å². The van der Waals surface area contributed by atoms with Crippen LogP contribution in [0.4, 0.5) is 0 Å². The van der Waals surface area contributed by atoms with E-state index in [0.29, 0.717) is 19.3 Å². The van der Waals surface area contributed by atoms with Crippen LogP contribution >= 0.6 is 11.8 Å². The third-order valence-electron chi connectivity index (χ3n) is 4.93. The van der Waals surface area contributed by atoms with Gasteiger partial charge in [-0.2, -0.15) is 11.8 Å². The molecule has 2 N–H and O–H groups in total. The van der Waals surface area contributed by atoms with Crippen molar-refractivity contribution in [2.45, 2.75) is 57.1 Å². The quantitative estimate of drug-likeness (QED) is 0.526. The highest BCUT2D eigenvalue weighted by atomic mass is 32.2. The molecule has 1 unspecified atom stereocenters. The van der Waals surface area contributed by atoms with Gasteiger partial charge in [-0.3, -0.25) is 0 Å². The zero-order valence-corrected chi connectivity index (χ0v) is 17.2. The molecule has 2 aliphatic rings. The molecule has 6 heteroatoms. The molecule has 0 bridgehead atoms. The predicted molar refractivity (Wildman–Crippen MR) is 113 cm³/mol. The van der Waals surface area contributed by atoms with E-state index in [4.69, 9.17) is 14.5 Å². The smallest absolute Gasteiger partial charge is 0.191 e. The van der Waals surface area contributed by atoms with Gasteiger partial charge in [0.05, 0.1) is 19.3 Å². The molecule has 2 saturated heterocycles. The first-order chi connectivity index (χ1) is 13.3. The van der Waals surface area contributed by atoms with Crippen LogP contribution in [0.2, 0.25) is 0 Å². The Bertz CT molecular complexity index is 585. The van der Waals surface area contributed by atoms with Gasteiger partial charge in [-0.1, -0.05) is 24.3 Å². The summed E-state index contributed by atoms with van der Waals surface area (Å²) < 4.78 is 11.4. The van der Waals surface area contributed by atoms with Gasteiger partial charge in [0.15, 0.2) is 5.96 Å². The van der Waals surface area contributed by atoms with E-state index in [1.54, 1.807) is 0 Å². The Hall–Kier alpha value is -1.24. The van der Waals surface area contributed by atoms with Crippen LogP contribution in [0.1, 0.15) is 43.7 Å². The highest BCUT2D eigenvalue weighted by molar-refractivity contribution is 8.00. The third-order valence-corrected chi connectivity index (χ3v) is 6.33. The van der Waals surface area contributed by atoms with Gasteiger partial charge in [0, 0.05) is 31.6 Å². The van der Waals surface area contributed by atoms with Crippen LogP contribution in [0, 0.1) is 0 Å². The highest BCUT2D eigenvalue weighted by Gasteiger charge is 2.16. The molecular weight excluding hydrogens is 358 g/mol. The van der Waals surface area contributed by atoms with Crippen LogP contribution in [0.5, 0.6) is 0 Å². The molecule has 0 aliphatic carbocycles. The Labute approximate surface area is 167 Å². The van der Waals surface area contributed by atoms with E-state index in [1.807, 2.05) is 0 Å². The molecule has 0 saturated carbocycles. The molecule has 0 spiro atoms. The molecule has 5 nitrogen and oxygen atoms in total. The van der Waals surface area contributed by atoms with Gasteiger partial charge in [0.1, 0.15) is 0 Å². The first kappa shape index (κ1) is 20.5. The highest BCUT2D eigenvalue weighted by Crippen LogP contribution is 2.25. The van der Waals surface area contributed by atoms with Gasteiger partial charge in [0.2, 0.25) is 0 Å². The van der Waals surface area contributed by atoms with Crippen molar-refractivity contribution in [1.29, 1.82) is 0 Å². The fraction of sp³-hybridized carbons (Fsp3) is 0.667. The van der Waals surface area contributed by atoms with Crippen molar-refractivity contribution in [2.24, 2.45) is 4.99 Å². The number of nitrogens with one attached hydrogen (secondary N) is 2. The molecule has 1 aromatic carbocycles. The van der Waals surface area contributed by atoms with Crippen LogP contribution in [0.3, 0.4) is 0 Å². The maximum atomic E-state index is 6.04. The molecule has 3 rings (SSSR count). The van der Waals surface area contributed by atoms with Crippen LogP contribution in [0.15, 0.2) is 29.3 Å². The summed E-state index contributed by atoms with van der Waals surface area (Å²) in [4.78, 5) is 4.76. The lowest BCUT2D eigenvalue weighted by Gasteiger charge is -2.22. The van der Waals surface area contributed by atoms with E-state index in [1.165, 1.54) is 29.7 Å². The summed E-state index contributed by atoms with van der Waals surface area (Å²) in [5.74, 6) is 2.21. The maximum absolute atomic E-state index is 6.04. The normalized spacial score (nSPS) is 21.4. The molecule has 150 valence electrons. The van der Waals surface area contributed by atoms with Crippen molar-refractivity contribution in [3.05, 3.63) is 35.4 Å². The number of guanidine groups is 1. The minimum Gasteiger partial charge on any atom is -0.381 e. The molecule has 0 amide bonds. The summed E-state index contributed by atoms with van der Waals surface area (Å²) in [6, 6.07) is 8.58. The lowest BCUT2D eigenvalue weighted by molar-refractivity contribution is -0.0390. The molecule has 1 atom stereocenters. The monoisotopic (exact) mass is 391 g/mol. The Balaban J connectivity index is 1.49. The number of ether oxygens (including phenoxy) is 2. The van der Waals surface area contributed by atoms with E-state index in [-0.39, 0.29) is 0 Å². The second kappa shape index (κ2) is 11.6. The van der Waals surface area contributed by atoms with Crippen LogP contribution in [-0.4, -0.2) is 49.4 Å². The standard InChI is InChI=1S/C21H33N3O2S/c1-2-22-21(24-15-20-7-4-12-27-20)23-14-17-5-3-6-18(13-17)16-26-19-8-10-25-11-9-19/h3,5-6,13,19-20H,2,4,7-12,14-16H2,1H3,(H2,22,23,24). The summed E-state index contributed by atoms with van der Waals surface area (Å²) >= 11 is 2.07. The molecule has 27 heavy (non-hydrogen) atoms. The number of nitrogens with zero attached hydrogens (tertiary/aromatic N) is 1. The van der Waals surface area contributed by atoms with Crippen LogP contribution in [-0.2, 0) is 22.6 Å². The number of benzene rings is 1. The average molecular weight is 392 g/mol.